The van der Waals surface area contributed by atoms with E-state index in [-0.39, 0.29) is 17.2 Å². The zero-order chi connectivity index (χ0) is 21.8. The average molecular weight is 419 g/mol. The van der Waals surface area contributed by atoms with Gasteiger partial charge in [0.05, 0.1) is 11.6 Å². The molecule has 4 aliphatic carbocycles. The van der Waals surface area contributed by atoms with Crippen molar-refractivity contribution in [3.63, 3.8) is 0 Å². The van der Waals surface area contributed by atoms with Crippen molar-refractivity contribution in [2.45, 2.75) is 78.6 Å². The molecule has 1 aromatic rings. The Morgan fingerprint density at radius 3 is 2.65 bits per heavy atom. The normalized spacial score (nSPS) is 41.4. The van der Waals surface area contributed by atoms with Crippen molar-refractivity contribution in [2.75, 3.05) is 5.32 Å². The van der Waals surface area contributed by atoms with Gasteiger partial charge in [0, 0.05) is 11.6 Å². The zero-order valence-corrected chi connectivity index (χ0v) is 19.5. The molecule has 3 nitrogen and oxygen atoms in total. The lowest BCUT2D eigenvalue weighted by atomic mass is 9.49. The Kier molecular flexibility index (Phi) is 5.40. The molecule has 1 amide bonds. The maximum Gasteiger partial charge on any atom is 0.228 e. The number of nitriles is 1. The zero-order valence-electron chi connectivity index (χ0n) is 19.5. The first-order chi connectivity index (χ1) is 14.9. The number of carbonyl (C=O) groups is 1. The van der Waals surface area contributed by atoms with E-state index in [0.717, 1.165) is 53.2 Å². The molecule has 1 aromatic carbocycles. The minimum absolute atomic E-state index is 0.123. The Morgan fingerprint density at radius 2 is 1.87 bits per heavy atom. The van der Waals surface area contributed by atoms with Crippen molar-refractivity contribution < 1.29 is 4.79 Å². The Bertz CT molecular complexity index is 901. The lowest BCUT2D eigenvalue weighted by Gasteiger charge is -2.56. The van der Waals surface area contributed by atoms with Crippen LogP contribution in [0.4, 0.5) is 5.69 Å². The molecule has 4 fully saturated rings. The molecule has 0 aromatic heterocycles. The van der Waals surface area contributed by atoms with Gasteiger partial charge in [-0.05, 0) is 123 Å². The summed E-state index contributed by atoms with van der Waals surface area (Å²) < 4.78 is 0. The van der Waals surface area contributed by atoms with E-state index in [2.05, 4.69) is 25.2 Å². The number of fused-ring (bicyclic) bond motifs is 5. The molecule has 8 atom stereocenters. The third kappa shape index (κ3) is 3.51. The molecule has 4 saturated carbocycles. The van der Waals surface area contributed by atoms with Gasteiger partial charge < -0.3 is 5.32 Å². The molecular formula is C28H38N2O. The van der Waals surface area contributed by atoms with Crippen LogP contribution in [0.5, 0.6) is 0 Å². The minimum atomic E-state index is 0.123. The molecular weight excluding hydrogens is 380 g/mol. The van der Waals surface area contributed by atoms with E-state index in [4.69, 9.17) is 5.26 Å². The van der Waals surface area contributed by atoms with E-state index >= 15 is 0 Å². The number of hydrogen-bond donors (Lipinski definition) is 1. The number of nitrogens with one attached hydrogen (secondary N) is 1. The fourth-order valence-corrected chi connectivity index (χ4v) is 8.61. The summed E-state index contributed by atoms with van der Waals surface area (Å²) in [6, 6.07) is 7.74. The fraction of sp³-hybridized carbons (Fsp3) is 0.714. The van der Waals surface area contributed by atoms with Crippen LogP contribution in [-0.4, -0.2) is 5.91 Å². The minimum Gasteiger partial charge on any atom is -0.326 e. The fourth-order valence-electron chi connectivity index (χ4n) is 8.61. The second-order valence-corrected chi connectivity index (χ2v) is 11.7. The Morgan fingerprint density at radius 1 is 1.06 bits per heavy atom. The lowest BCUT2D eigenvalue weighted by molar-refractivity contribution is -0.127. The summed E-state index contributed by atoms with van der Waals surface area (Å²) in [6.07, 6.45) is 12.0. The lowest BCUT2D eigenvalue weighted by Crippen LogP contribution is -2.49. The van der Waals surface area contributed by atoms with Crippen molar-refractivity contribution in [1.29, 1.82) is 5.26 Å². The summed E-state index contributed by atoms with van der Waals surface area (Å²) in [4.78, 5) is 13.4. The molecule has 7 unspecified atom stereocenters. The van der Waals surface area contributed by atoms with Crippen molar-refractivity contribution >= 4 is 11.6 Å². The molecule has 0 bridgehead atoms. The first kappa shape index (κ1) is 21.0. The van der Waals surface area contributed by atoms with Crippen LogP contribution in [0.25, 0.3) is 0 Å². The van der Waals surface area contributed by atoms with Crippen molar-refractivity contribution in [1.82, 2.24) is 0 Å². The maximum atomic E-state index is 13.4. The molecule has 0 aliphatic heterocycles. The van der Waals surface area contributed by atoms with E-state index in [1.54, 1.807) is 6.07 Å². The van der Waals surface area contributed by atoms with Gasteiger partial charge in [-0.1, -0.05) is 20.3 Å². The number of anilines is 1. The molecule has 4 aliphatic rings. The summed E-state index contributed by atoms with van der Waals surface area (Å²) in [6.45, 7) is 6.87. The molecule has 1 N–H and O–H groups in total. The molecule has 0 saturated heterocycles. The Labute approximate surface area is 188 Å². The first-order valence-electron chi connectivity index (χ1n) is 12.7. The van der Waals surface area contributed by atoms with Crippen LogP contribution < -0.4 is 5.32 Å². The SMILES string of the molecule is Cc1cc(C#N)ccc1NC(=O)[C@H]1CCC2C3CCC4CC(C)CCC4C3CCC21C. The standard InChI is InChI=1S/C28H38N2O/c1-17-4-7-21-20(14-17)6-8-23-22(21)12-13-28(3)24(23)9-10-25(28)27(31)30-26-11-5-19(16-29)15-18(26)2/h5,11,15,17,20-25H,4,6-10,12-14H2,1-3H3,(H,30,31)/t17?,20?,21?,22?,23?,24?,25-,28?/m1/s1. The van der Waals surface area contributed by atoms with Crippen LogP contribution in [0.2, 0.25) is 0 Å². The number of amides is 1. The maximum absolute atomic E-state index is 13.4. The highest BCUT2D eigenvalue weighted by Gasteiger charge is 2.58. The predicted octanol–water partition coefficient (Wildman–Crippen LogP) is 6.71. The average Bonchev–Trinajstić information content (AvgIpc) is 3.12. The van der Waals surface area contributed by atoms with Crippen LogP contribution in [0.15, 0.2) is 18.2 Å². The topological polar surface area (TPSA) is 52.9 Å². The van der Waals surface area contributed by atoms with Crippen LogP contribution in [-0.2, 0) is 4.79 Å². The summed E-state index contributed by atoms with van der Waals surface area (Å²) in [7, 11) is 0. The van der Waals surface area contributed by atoms with Crippen molar-refractivity contribution in [3.8, 4) is 6.07 Å². The number of aryl methyl sites for hydroxylation is 1. The van der Waals surface area contributed by atoms with Crippen molar-refractivity contribution in [3.05, 3.63) is 29.3 Å². The molecule has 0 heterocycles. The number of hydrogen-bond acceptors (Lipinski definition) is 2. The highest BCUT2D eigenvalue weighted by molar-refractivity contribution is 5.94. The third-order valence-electron chi connectivity index (χ3n) is 10.1. The number of rotatable bonds is 2. The molecule has 166 valence electrons. The van der Waals surface area contributed by atoms with Gasteiger partial charge in [0.1, 0.15) is 0 Å². The first-order valence-corrected chi connectivity index (χ1v) is 12.7. The predicted molar refractivity (Wildman–Crippen MR) is 124 cm³/mol. The quantitative estimate of drug-likeness (QED) is 0.580. The molecule has 5 rings (SSSR count). The van der Waals surface area contributed by atoms with Gasteiger partial charge in [0.2, 0.25) is 5.91 Å². The highest BCUT2D eigenvalue weighted by atomic mass is 16.1. The summed E-state index contributed by atoms with van der Waals surface area (Å²) >= 11 is 0. The second-order valence-electron chi connectivity index (χ2n) is 11.7. The van der Waals surface area contributed by atoms with E-state index in [0.29, 0.717) is 5.56 Å². The Balaban J connectivity index is 1.31. The van der Waals surface area contributed by atoms with E-state index < -0.39 is 0 Å². The molecule has 3 heteroatoms. The number of benzene rings is 1. The van der Waals surface area contributed by atoms with Gasteiger partial charge in [-0.2, -0.15) is 5.26 Å². The molecule has 0 spiro atoms. The summed E-state index contributed by atoms with van der Waals surface area (Å²) in [5.74, 6) is 5.70. The number of carbonyl (C=O) groups excluding carboxylic acids is 1. The second kappa shape index (κ2) is 7.95. The Hall–Kier alpha value is -1.82. The van der Waals surface area contributed by atoms with Crippen LogP contribution >= 0.6 is 0 Å². The smallest absolute Gasteiger partial charge is 0.228 e. The van der Waals surface area contributed by atoms with Crippen LogP contribution in [0.3, 0.4) is 0 Å². The van der Waals surface area contributed by atoms with Crippen molar-refractivity contribution in [2.24, 2.45) is 46.8 Å². The van der Waals surface area contributed by atoms with Gasteiger partial charge in [-0.25, -0.2) is 0 Å². The van der Waals surface area contributed by atoms with Crippen LogP contribution in [0.1, 0.15) is 82.8 Å². The monoisotopic (exact) mass is 418 g/mol. The van der Waals surface area contributed by atoms with Crippen LogP contribution in [0, 0.1) is 65.1 Å². The molecule has 0 radical (unpaired) electrons. The largest absolute Gasteiger partial charge is 0.326 e. The van der Waals surface area contributed by atoms with Gasteiger partial charge >= 0.3 is 0 Å². The third-order valence-corrected chi connectivity index (χ3v) is 10.1. The summed E-state index contributed by atoms with van der Waals surface area (Å²) in [5, 5.41) is 12.3. The number of nitrogens with zero attached hydrogens (tertiary/aromatic N) is 1. The van der Waals surface area contributed by atoms with E-state index in [1.807, 2.05) is 19.1 Å². The van der Waals surface area contributed by atoms with Gasteiger partial charge in [-0.15, -0.1) is 0 Å². The van der Waals surface area contributed by atoms with Gasteiger partial charge in [0.25, 0.3) is 0 Å². The molecule has 31 heavy (non-hydrogen) atoms. The summed E-state index contributed by atoms with van der Waals surface area (Å²) in [5.41, 5.74) is 2.64. The van der Waals surface area contributed by atoms with Gasteiger partial charge in [-0.3, -0.25) is 4.79 Å². The van der Waals surface area contributed by atoms with E-state index in [9.17, 15) is 4.79 Å². The highest BCUT2D eigenvalue weighted by Crippen LogP contribution is 2.64. The van der Waals surface area contributed by atoms with E-state index in [1.165, 1.54) is 51.4 Å². The van der Waals surface area contributed by atoms with Gasteiger partial charge in [0.15, 0.2) is 0 Å².